The zero-order valence-corrected chi connectivity index (χ0v) is 59.8. The van der Waals surface area contributed by atoms with Gasteiger partial charge in [-0.3, -0.25) is 37.3 Å². The van der Waals surface area contributed by atoms with Crippen LogP contribution in [0.4, 0.5) is 0 Å². The summed E-state index contributed by atoms with van der Waals surface area (Å²) in [5.41, 5.74) is 0. The van der Waals surface area contributed by atoms with E-state index in [-0.39, 0.29) is 25.7 Å². The minimum Gasteiger partial charge on any atom is -0.462 e. The summed E-state index contributed by atoms with van der Waals surface area (Å²) in [7, 11) is -9.90. The average Bonchev–Trinajstić information content (AvgIpc) is 3.70. The minimum atomic E-state index is -4.95. The SMILES string of the molecule is CCC(C)CCCCCCCCCCCCC(=O)O[C@H](COC(=O)CCCCCCCCCC(C)C)COP(=O)(O)OCC(O)COP(=O)(O)OC[C@@H](COC(=O)CCCCCCCCCCCC(C)C)OC(=O)CCCCCCCCCCCCC(C)C. The van der Waals surface area contributed by atoms with Crippen LogP contribution >= 0.6 is 15.6 Å². The number of phosphoric ester groups is 2. The molecule has 19 heteroatoms. The van der Waals surface area contributed by atoms with Crippen LogP contribution in [-0.2, 0) is 65.4 Å². The van der Waals surface area contributed by atoms with Crippen LogP contribution in [0.5, 0.6) is 0 Å². The number of hydrogen-bond acceptors (Lipinski definition) is 15. The van der Waals surface area contributed by atoms with E-state index in [1.807, 2.05) is 0 Å². The van der Waals surface area contributed by atoms with E-state index in [0.717, 1.165) is 114 Å². The normalized spacial score (nSPS) is 14.6. The summed E-state index contributed by atoms with van der Waals surface area (Å²) in [6.45, 7) is 14.1. The number of rotatable bonds is 67. The van der Waals surface area contributed by atoms with E-state index < -0.39 is 97.5 Å². The van der Waals surface area contributed by atoms with E-state index in [1.54, 1.807) is 0 Å². The van der Waals surface area contributed by atoms with Gasteiger partial charge in [-0.1, -0.05) is 293 Å². The van der Waals surface area contributed by atoms with Crippen molar-refractivity contribution in [3.05, 3.63) is 0 Å². The molecule has 0 aromatic rings. The summed E-state index contributed by atoms with van der Waals surface area (Å²) in [4.78, 5) is 72.5. The number of aliphatic hydroxyl groups excluding tert-OH is 1. The van der Waals surface area contributed by atoms with Crippen LogP contribution < -0.4 is 0 Å². The molecule has 0 heterocycles. The third-order valence-corrected chi connectivity index (χ3v) is 18.3. The molecule has 0 aromatic heterocycles. The highest BCUT2D eigenvalue weighted by atomic mass is 31.2. The first-order valence-corrected chi connectivity index (χ1v) is 39.2. The summed E-state index contributed by atoms with van der Waals surface area (Å²) in [5.74, 6) is 0.874. The molecule has 4 unspecified atom stereocenters. The summed E-state index contributed by atoms with van der Waals surface area (Å²) in [6, 6.07) is 0. The highest BCUT2D eigenvalue weighted by Crippen LogP contribution is 2.45. The van der Waals surface area contributed by atoms with Crippen molar-refractivity contribution >= 4 is 39.5 Å². The highest BCUT2D eigenvalue weighted by Gasteiger charge is 2.30. The minimum absolute atomic E-state index is 0.105. The monoisotopic (exact) mass is 1310 g/mol. The van der Waals surface area contributed by atoms with E-state index in [2.05, 4.69) is 55.4 Å². The van der Waals surface area contributed by atoms with Gasteiger partial charge in [-0.2, -0.15) is 0 Å². The molecule has 0 amide bonds. The Labute approximate surface area is 543 Å². The van der Waals surface area contributed by atoms with E-state index in [9.17, 15) is 43.2 Å². The molecule has 0 aliphatic rings. The first-order chi connectivity index (χ1) is 42.6. The van der Waals surface area contributed by atoms with Gasteiger partial charge in [-0.25, -0.2) is 9.13 Å². The lowest BCUT2D eigenvalue weighted by Gasteiger charge is -2.21. The molecule has 0 bridgehead atoms. The number of esters is 4. The molecule has 0 spiro atoms. The van der Waals surface area contributed by atoms with Gasteiger partial charge in [0.05, 0.1) is 26.4 Å². The van der Waals surface area contributed by atoms with Crippen LogP contribution in [-0.4, -0.2) is 96.7 Å². The summed E-state index contributed by atoms with van der Waals surface area (Å²) >= 11 is 0. The Bertz CT molecular complexity index is 1770. The lowest BCUT2D eigenvalue weighted by molar-refractivity contribution is -0.161. The summed E-state index contributed by atoms with van der Waals surface area (Å²) in [6.07, 6.45) is 41.6. The number of aliphatic hydroxyl groups is 1. The molecule has 0 saturated carbocycles. The number of ether oxygens (including phenoxy) is 4. The highest BCUT2D eigenvalue weighted by molar-refractivity contribution is 7.47. The van der Waals surface area contributed by atoms with Crippen molar-refractivity contribution in [2.24, 2.45) is 23.7 Å². The van der Waals surface area contributed by atoms with Gasteiger partial charge >= 0.3 is 39.5 Å². The Morgan fingerprint density at radius 3 is 0.798 bits per heavy atom. The maximum Gasteiger partial charge on any atom is 0.472 e. The Kier molecular flexibility index (Phi) is 58.5. The van der Waals surface area contributed by atoms with Crippen molar-refractivity contribution in [3.63, 3.8) is 0 Å². The summed E-state index contributed by atoms with van der Waals surface area (Å²) in [5, 5.41) is 10.6. The van der Waals surface area contributed by atoms with E-state index in [4.69, 9.17) is 37.0 Å². The number of hydrogen-bond donors (Lipinski definition) is 3. The number of carbonyl (C=O) groups excluding carboxylic acids is 4. The van der Waals surface area contributed by atoms with Crippen LogP contribution in [0.3, 0.4) is 0 Å². The zero-order chi connectivity index (χ0) is 66.1. The first kappa shape index (κ1) is 87.1. The van der Waals surface area contributed by atoms with Crippen molar-refractivity contribution in [2.75, 3.05) is 39.6 Å². The fraction of sp³-hybridized carbons (Fsp3) is 0.943. The van der Waals surface area contributed by atoms with Crippen LogP contribution in [0, 0.1) is 23.7 Å². The largest absolute Gasteiger partial charge is 0.472 e. The smallest absolute Gasteiger partial charge is 0.462 e. The third kappa shape index (κ3) is 63.2. The molecule has 0 rings (SSSR count). The van der Waals surface area contributed by atoms with Crippen molar-refractivity contribution in [2.45, 2.75) is 363 Å². The molecule has 0 fully saturated rings. The van der Waals surface area contributed by atoms with Gasteiger partial charge in [0.2, 0.25) is 0 Å². The molecule has 0 aliphatic carbocycles. The van der Waals surface area contributed by atoms with Gasteiger partial charge in [-0.15, -0.1) is 0 Å². The molecule has 6 atom stereocenters. The van der Waals surface area contributed by atoms with Crippen LogP contribution in [0.2, 0.25) is 0 Å². The van der Waals surface area contributed by atoms with Crippen molar-refractivity contribution in [3.8, 4) is 0 Å². The van der Waals surface area contributed by atoms with Crippen LogP contribution in [0.1, 0.15) is 344 Å². The Morgan fingerprint density at radius 2 is 0.539 bits per heavy atom. The Morgan fingerprint density at radius 1 is 0.315 bits per heavy atom. The molecule has 528 valence electrons. The molecule has 3 N–H and O–H groups in total. The fourth-order valence-electron chi connectivity index (χ4n) is 10.5. The molecular formula is C70H136O17P2. The predicted octanol–water partition coefficient (Wildman–Crippen LogP) is 19.7. The third-order valence-electron chi connectivity index (χ3n) is 16.4. The van der Waals surface area contributed by atoms with Gasteiger partial charge in [-0.05, 0) is 49.4 Å². The van der Waals surface area contributed by atoms with Gasteiger partial charge in [0.15, 0.2) is 12.2 Å². The molecule has 0 saturated heterocycles. The van der Waals surface area contributed by atoms with Crippen LogP contribution in [0.15, 0.2) is 0 Å². The lowest BCUT2D eigenvalue weighted by Crippen LogP contribution is -2.30. The van der Waals surface area contributed by atoms with E-state index >= 15 is 0 Å². The second-order valence-electron chi connectivity index (χ2n) is 26.9. The van der Waals surface area contributed by atoms with Crippen molar-refractivity contribution in [1.82, 2.24) is 0 Å². The molecule has 0 aliphatic heterocycles. The van der Waals surface area contributed by atoms with Gasteiger partial charge in [0.25, 0.3) is 0 Å². The zero-order valence-electron chi connectivity index (χ0n) is 58.1. The molecule has 89 heavy (non-hydrogen) atoms. The maximum atomic E-state index is 13.0. The van der Waals surface area contributed by atoms with Crippen molar-refractivity contribution in [1.29, 1.82) is 0 Å². The molecule has 0 radical (unpaired) electrons. The van der Waals surface area contributed by atoms with Crippen molar-refractivity contribution < 1.29 is 80.2 Å². The average molecular weight is 1310 g/mol. The Balaban J connectivity index is 5.27. The van der Waals surface area contributed by atoms with E-state index in [1.165, 1.54) is 141 Å². The lowest BCUT2D eigenvalue weighted by atomic mass is 9.99. The molecule has 17 nitrogen and oxygen atoms in total. The number of unbranched alkanes of at least 4 members (excludes halogenated alkanes) is 32. The van der Waals surface area contributed by atoms with E-state index in [0.29, 0.717) is 31.6 Å². The Hall–Kier alpha value is -1.94. The maximum absolute atomic E-state index is 13.0. The first-order valence-electron chi connectivity index (χ1n) is 36.2. The fourth-order valence-corrected chi connectivity index (χ4v) is 12.0. The second kappa shape index (κ2) is 59.8. The molecular weight excluding hydrogens is 1170 g/mol. The molecule has 0 aromatic carbocycles. The van der Waals surface area contributed by atoms with Gasteiger partial charge in [0, 0.05) is 25.7 Å². The second-order valence-corrected chi connectivity index (χ2v) is 29.8. The van der Waals surface area contributed by atoms with Gasteiger partial charge < -0.3 is 33.8 Å². The standard InChI is InChI=1S/C70H136O17P2/c1-9-63(8)49-41-33-25-17-11-13-19-28-37-45-53-70(75)87-66(57-81-68(73)51-43-35-29-21-24-32-40-48-62(6)7)59-85-89(78,79)83-55-64(71)54-82-88(76,77)84-58-65(56-80-67(72)50-42-34-26-20-14-16-23-31-39-47-61(4)5)86-69(74)52-44-36-27-18-12-10-15-22-30-38-46-60(2)3/h60-66,71H,9-59H2,1-8H3,(H,76,77)(H,78,79)/t63?,64?,65-,66-/m1/s1. The summed E-state index contributed by atoms with van der Waals surface area (Å²) < 4.78 is 68.3. The topological polar surface area (TPSA) is 237 Å². The number of phosphoric acid groups is 2. The predicted molar refractivity (Wildman–Crippen MR) is 358 cm³/mol. The number of carbonyl (C=O) groups is 4. The van der Waals surface area contributed by atoms with Crippen LogP contribution in [0.25, 0.3) is 0 Å². The van der Waals surface area contributed by atoms with Gasteiger partial charge in [0.1, 0.15) is 19.3 Å². The quantitative estimate of drug-likeness (QED) is 0.0222.